The number of nitrogens with zero attached hydrogens (tertiary/aromatic N) is 1. The van der Waals surface area contributed by atoms with Crippen LogP contribution in [0.5, 0.6) is 0 Å². The van der Waals surface area contributed by atoms with Gasteiger partial charge in [-0.15, -0.1) is 11.6 Å². The molecule has 1 unspecified atom stereocenters. The van der Waals surface area contributed by atoms with E-state index in [0.29, 0.717) is 5.56 Å². The largest absolute Gasteiger partial charge is 0.418 e. The van der Waals surface area contributed by atoms with E-state index < -0.39 is 29.8 Å². The summed E-state index contributed by atoms with van der Waals surface area (Å²) in [6.07, 6.45) is -5.42. The minimum atomic E-state index is -4.57. The first-order valence-corrected chi connectivity index (χ1v) is 6.93. The third-order valence-corrected chi connectivity index (χ3v) is 3.17. The number of anilines is 1. The van der Waals surface area contributed by atoms with Crippen LogP contribution in [0.4, 0.5) is 18.9 Å². The zero-order valence-electron chi connectivity index (χ0n) is 12.0. The Kier molecular flexibility index (Phi) is 6.04. The van der Waals surface area contributed by atoms with Gasteiger partial charge in [-0.1, -0.05) is 12.1 Å². The van der Waals surface area contributed by atoms with Gasteiger partial charge in [0.05, 0.1) is 11.3 Å². The highest BCUT2D eigenvalue weighted by atomic mass is 35.5. The Morgan fingerprint density at radius 1 is 1.43 bits per heavy atom. The Labute approximate surface area is 126 Å². The molecule has 1 atom stereocenters. The smallest absolute Gasteiger partial charge is 0.359 e. The Morgan fingerprint density at radius 2 is 2.05 bits per heavy atom. The Hall–Kier alpha value is -1.27. The fourth-order valence-corrected chi connectivity index (χ4v) is 2.23. The van der Waals surface area contributed by atoms with Crippen molar-refractivity contribution in [2.24, 2.45) is 0 Å². The molecule has 0 aliphatic rings. The minimum Gasteiger partial charge on any atom is -0.359 e. The molecule has 21 heavy (non-hydrogen) atoms. The highest BCUT2D eigenvalue weighted by Gasteiger charge is 2.38. The van der Waals surface area contributed by atoms with Gasteiger partial charge in [-0.3, -0.25) is 9.69 Å². The molecular weight excluding hydrogens is 307 g/mol. The average Bonchev–Trinajstić information content (AvgIpc) is 2.39. The summed E-state index contributed by atoms with van der Waals surface area (Å²) in [7, 11) is 0. The molecule has 7 heteroatoms. The van der Waals surface area contributed by atoms with Crippen LogP contribution >= 0.6 is 11.6 Å². The normalized spacial score (nSPS) is 13.1. The summed E-state index contributed by atoms with van der Waals surface area (Å²) in [5.74, 6) is -1.07. The second-order valence-corrected chi connectivity index (χ2v) is 4.69. The van der Waals surface area contributed by atoms with Crippen LogP contribution in [-0.2, 0) is 15.7 Å². The maximum absolute atomic E-state index is 13.2. The summed E-state index contributed by atoms with van der Waals surface area (Å²) in [5, 5.41) is 0. The van der Waals surface area contributed by atoms with Gasteiger partial charge in [0.2, 0.25) is 5.91 Å². The van der Waals surface area contributed by atoms with Crippen LogP contribution in [0, 0.1) is 6.92 Å². The van der Waals surface area contributed by atoms with Crippen molar-refractivity contribution >= 4 is 23.2 Å². The summed E-state index contributed by atoms with van der Waals surface area (Å²) in [6, 6.07) is 3.75. The number of carbonyl (C=O) groups excluding carboxylic acids is 1. The number of para-hydroxylation sites is 1. The summed E-state index contributed by atoms with van der Waals surface area (Å²) >= 11 is 5.53. The Bertz CT molecular complexity index is 505. The van der Waals surface area contributed by atoms with Crippen molar-refractivity contribution in [3.8, 4) is 0 Å². The fourth-order valence-electron chi connectivity index (χ4n) is 2.10. The Morgan fingerprint density at radius 3 is 2.52 bits per heavy atom. The van der Waals surface area contributed by atoms with E-state index >= 15 is 0 Å². The molecular formula is C14H17ClF3NO2. The molecule has 1 aromatic carbocycles. The topological polar surface area (TPSA) is 29.5 Å². The lowest BCUT2D eigenvalue weighted by Crippen LogP contribution is -2.42. The van der Waals surface area contributed by atoms with Gasteiger partial charge in [-0.05, 0) is 32.4 Å². The third-order valence-electron chi connectivity index (χ3n) is 2.94. The van der Waals surface area contributed by atoms with Gasteiger partial charge in [0.15, 0.2) is 0 Å². The maximum atomic E-state index is 13.2. The monoisotopic (exact) mass is 323 g/mol. The van der Waals surface area contributed by atoms with Crippen LogP contribution in [0.1, 0.15) is 25.0 Å². The number of ether oxygens (including phenoxy) is 1. The molecule has 0 N–H and O–H groups in total. The van der Waals surface area contributed by atoms with E-state index in [0.717, 1.165) is 11.0 Å². The lowest BCUT2D eigenvalue weighted by molar-refractivity contribution is -0.137. The quantitative estimate of drug-likeness (QED) is 0.606. The van der Waals surface area contributed by atoms with Crippen LogP contribution in [-0.4, -0.2) is 24.6 Å². The number of alkyl halides is 4. The van der Waals surface area contributed by atoms with Crippen molar-refractivity contribution < 1.29 is 22.7 Å². The van der Waals surface area contributed by atoms with Crippen molar-refractivity contribution in [3.63, 3.8) is 0 Å². The van der Waals surface area contributed by atoms with Crippen LogP contribution in [0.15, 0.2) is 18.2 Å². The van der Waals surface area contributed by atoms with Gasteiger partial charge in [-0.2, -0.15) is 13.2 Å². The maximum Gasteiger partial charge on any atom is 0.418 e. The summed E-state index contributed by atoms with van der Waals surface area (Å²) in [6.45, 7) is 4.99. The number of benzene rings is 1. The van der Waals surface area contributed by atoms with Gasteiger partial charge in [0.1, 0.15) is 12.1 Å². The highest BCUT2D eigenvalue weighted by molar-refractivity contribution is 6.29. The van der Waals surface area contributed by atoms with Gasteiger partial charge < -0.3 is 4.74 Å². The molecule has 1 aromatic rings. The lowest BCUT2D eigenvalue weighted by Gasteiger charge is -2.32. The molecule has 0 heterocycles. The first-order chi connectivity index (χ1) is 9.73. The predicted octanol–water partition coefficient (Wildman–Crippen LogP) is 3.97. The molecule has 1 amide bonds. The Balaban J connectivity index is 3.47. The molecule has 0 bridgehead atoms. The number of hydrogen-bond acceptors (Lipinski definition) is 2. The molecule has 0 aliphatic carbocycles. The highest BCUT2D eigenvalue weighted by Crippen LogP contribution is 2.39. The van der Waals surface area contributed by atoms with Crippen LogP contribution in [0.3, 0.4) is 0 Å². The van der Waals surface area contributed by atoms with E-state index in [9.17, 15) is 18.0 Å². The zero-order valence-corrected chi connectivity index (χ0v) is 12.8. The SMILES string of the molecule is CCOC(C)N(C(=O)CCl)c1c(C)cccc1C(F)(F)F. The number of halogens is 4. The van der Waals surface area contributed by atoms with E-state index in [1.54, 1.807) is 6.92 Å². The van der Waals surface area contributed by atoms with Crippen molar-refractivity contribution in [1.29, 1.82) is 0 Å². The van der Waals surface area contributed by atoms with Gasteiger partial charge in [0, 0.05) is 6.61 Å². The van der Waals surface area contributed by atoms with E-state index in [4.69, 9.17) is 16.3 Å². The molecule has 0 spiro atoms. The van der Waals surface area contributed by atoms with E-state index in [-0.39, 0.29) is 12.3 Å². The molecule has 1 rings (SSSR count). The molecule has 3 nitrogen and oxygen atoms in total. The molecule has 0 aromatic heterocycles. The van der Waals surface area contributed by atoms with Crippen molar-refractivity contribution in [1.82, 2.24) is 0 Å². The number of carbonyl (C=O) groups is 1. The third kappa shape index (κ3) is 4.11. The van der Waals surface area contributed by atoms with Crippen molar-refractivity contribution in [2.75, 3.05) is 17.4 Å². The molecule has 0 fully saturated rings. The van der Waals surface area contributed by atoms with Crippen LogP contribution < -0.4 is 4.90 Å². The first kappa shape index (κ1) is 17.8. The van der Waals surface area contributed by atoms with Crippen LogP contribution in [0.25, 0.3) is 0 Å². The van der Waals surface area contributed by atoms with Crippen LogP contribution in [0.2, 0.25) is 0 Å². The number of aryl methyl sites for hydroxylation is 1. The number of rotatable bonds is 5. The first-order valence-electron chi connectivity index (χ1n) is 6.40. The fraction of sp³-hybridized carbons (Fsp3) is 0.500. The van der Waals surface area contributed by atoms with Crippen molar-refractivity contribution in [3.05, 3.63) is 29.3 Å². The molecule has 0 radical (unpaired) electrons. The second kappa shape index (κ2) is 7.13. The molecule has 0 saturated carbocycles. The van der Waals surface area contributed by atoms with E-state index in [1.165, 1.54) is 26.0 Å². The number of hydrogen-bond donors (Lipinski definition) is 0. The zero-order chi connectivity index (χ0) is 16.2. The lowest BCUT2D eigenvalue weighted by atomic mass is 10.1. The summed E-state index contributed by atoms with van der Waals surface area (Å²) in [5.41, 5.74) is -0.765. The molecule has 118 valence electrons. The summed E-state index contributed by atoms with van der Waals surface area (Å²) < 4.78 is 44.9. The average molecular weight is 324 g/mol. The standard InChI is InChI=1S/C14H17ClF3NO2/c1-4-21-10(3)19(12(20)8-15)13-9(2)6-5-7-11(13)14(16,17)18/h5-7,10H,4,8H2,1-3H3. The molecule has 0 aliphatic heterocycles. The van der Waals surface area contributed by atoms with E-state index in [2.05, 4.69) is 0 Å². The van der Waals surface area contributed by atoms with Crippen molar-refractivity contribution in [2.45, 2.75) is 33.2 Å². The minimum absolute atomic E-state index is 0.211. The number of amides is 1. The summed E-state index contributed by atoms with van der Waals surface area (Å²) in [4.78, 5) is 13.0. The van der Waals surface area contributed by atoms with Gasteiger partial charge >= 0.3 is 6.18 Å². The predicted molar refractivity (Wildman–Crippen MR) is 75.5 cm³/mol. The molecule has 0 saturated heterocycles. The van der Waals surface area contributed by atoms with Gasteiger partial charge in [0.25, 0.3) is 0 Å². The van der Waals surface area contributed by atoms with Gasteiger partial charge in [-0.25, -0.2) is 0 Å². The van der Waals surface area contributed by atoms with E-state index in [1.807, 2.05) is 0 Å². The second-order valence-electron chi connectivity index (χ2n) is 4.42.